The summed E-state index contributed by atoms with van der Waals surface area (Å²) < 4.78 is 5.31. The quantitative estimate of drug-likeness (QED) is 0.799. The van der Waals surface area contributed by atoms with Gasteiger partial charge in [-0.05, 0) is 18.5 Å². The third-order valence-electron chi connectivity index (χ3n) is 2.57. The number of rotatable bonds is 2. The molecule has 0 amide bonds. The van der Waals surface area contributed by atoms with Crippen molar-refractivity contribution in [3.8, 4) is 0 Å². The van der Waals surface area contributed by atoms with Crippen LogP contribution in [0.4, 0.5) is 5.82 Å². The van der Waals surface area contributed by atoms with Crippen molar-refractivity contribution >= 4 is 23.4 Å². The number of hydrogen-bond acceptors (Lipinski definition) is 5. The standard InChI is InChI=1S/C10H12ClN3O3/c1-6-5-17-3-2-14(6)8-4-7(9(15)16)12-10(11)13-8/h4,6H,2-3,5H2,1H3,(H,15,16). The predicted octanol–water partition coefficient (Wildman–Crippen LogP) is 1.05. The fraction of sp³-hybridized carbons (Fsp3) is 0.500. The van der Waals surface area contributed by atoms with Crippen molar-refractivity contribution in [2.45, 2.75) is 13.0 Å². The molecular weight excluding hydrogens is 246 g/mol. The van der Waals surface area contributed by atoms with Gasteiger partial charge in [0.05, 0.1) is 19.3 Å². The molecular formula is C10H12ClN3O3. The predicted molar refractivity (Wildman–Crippen MR) is 61.6 cm³/mol. The number of hydrogen-bond donors (Lipinski definition) is 1. The van der Waals surface area contributed by atoms with E-state index >= 15 is 0 Å². The average molecular weight is 258 g/mol. The lowest BCUT2D eigenvalue weighted by Crippen LogP contribution is -2.44. The Hall–Kier alpha value is -1.40. The third-order valence-corrected chi connectivity index (χ3v) is 2.74. The van der Waals surface area contributed by atoms with E-state index in [1.165, 1.54) is 6.07 Å². The van der Waals surface area contributed by atoms with E-state index in [0.29, 0.717) is 25.6 Å². The summed E-state index contributed by atoms with van der Waals surface area (Å²) in [7, 11) is 0. The van der Waals surface area contributed by atoms with Gasteiger partial charge in [0.25, 0.3) is 0 Å². The number of ether oxygens (including phenoxy) is 1. The SMILES string of the molecule is CC1COCCN1c1cc(C(=O)O)nc(Cl)n1. The zero-order chi connectivity index (χ0) is 12.4. The van der Waals surface area contributed by atoms with Crippen molar-refractivity contribution in [2.75, 3.05) is 24.7 Å². The first kappa shape index (κ1) is 12.1. The van der Waals surface area contributed by atoms with Crippen molar-refractivity contribution < 1.29 is 14.6 Å². The van der Waals surface area contributed by atoms with Gasteiger partial charge < -0.3 is 14.7 Å². The molecule has 7 heteroatoms. The molecule has 1 aliphatic rings. The molecule has 1 unspecified atom stereocenters. The summed E-state index contributed by atoms with van der Waals surface area (Å²) in [4.78, 5) is 20.5. The van der Waals surface area contributed by atoms with Crippen LogP contribution < -0.4 is 4.90 Å². The fourth-order valence-electron chi connectivity index (χ4n) is 1.73. The van der Waals surface area contributed by atoms with E-state index in [0.717, 1.165) is 0 Å². The molecule has 6 nitrogen and oxygen atoms in total. The highest BCUT2D eigenvalue weighted by molar-refractivity contribution is 6.28. The van der Waals surface area contributed by atoms with Crippen molar-refractivity contribution in [1.29, 1.82) is 0 Å². The molecule has 1 aromatic heterocycles. The van der Waals surface area contributed by atoms with Crippen LogP contribution in [0.25, 0.3) is 0 Å². The molecule has 0 aromatic carbocycles. The molecule has 1 aliphatic heterocycles. The minimum Gasteiger partial charge on any atom is -0.477 e. The van der Waals surface area contributed by atoms with E-state index in [1.54, 1.807) is 0 Å². The Bertz CT molecular complexity index is 441. The second kappa shape index (κ2) is 4.85. The molecule has 2 heterocycles. The van der Waals surface area contributed by atoms with Crippen molar-refractivity contribution in [3.05, 3.63) is 17.0 Å². The Labute approximate surface area is 103 Å². The van der Waals surface area contributed by atoms with Crippen LogP contribution in [-0.2, 0) is 4.74 Å². The average Bonchev–Trinajstić information content (AvgIpc) is 2.28. The summed E-state index contributed by atoms with van der Waals surface area (Å²) >= 11 is 5.72. The van der Waals surface area contributed by atoms with Crippen LogP contribution in [0.15, 0.2) is 6.07 Å². The minimum absolute atomic E-state index is 0.0569. The van der Waals surface area contributed by atoms with E-state index in [4.69, 9.17) is 21.4 Å². The maximum atomic E-state index is 10.9. The van der Waals surface area contributed by atoms with E-state index in [-0.39, 0.29) is 17.0 Å². The lowest BCUT2D eigenvalue weighted by Gasteiger charge is -2.34. The van der Waals surface area contributed by atoms with Crippen LogP contribution in [0.2, 0.25) is 5.28 Å². The summed E-state index contributed by atoms with van der Waals surface area (Å²) in [6.07, 6.45) is 0. The molecule has 17 heavy (non-hydrogen) atoms. The summed E-state index contributed by atoms with van der Waals surface area (Å²) in [5.74, 6) is -0.588. The van der Waals surface area contributed by atoms with Gasteiger partial charge in [-0.3, -0.25) is 0 Å². The van der Waals surface area contributed by atoms with E-state index in [9.17, 15) is 4.79 Å². The van der Waals surface area contributed by atoms with Gasteiger partial charge in [0.2, 0.25) is 5.28 Å². The molecule has 1 atom stereocenters. The number of carbonyl (C=O) groups is 1. The first-order chi connectivity index (χ1) is 8.08. The highest BCUT2D eigenvalue weighted by Crippen LogP contribution is 2.19. The van der Waals surface area contributed by atoms with Gasteiger partial charge in [0.15, 0.2) is 5.69 Å². The fourth-order valence-corrected chi connectivity index (χ4v) is 1.91. The Balaban J connectivity index is 2.33. The molecule has 2 rings (SSSR count). The summed E-state index contributed by atoms with van der Waals surface area (Å²) in [5.41, 5.74) is -0.0984. The van der Waals surface area contributed by atoms with Crippen LogP contribution in [-0.4, -0.2) is 46.8 Å². The largest absolute Gasteiger partial charge is 0.477 e. The van der Waals surface area contributed by atoms with Gasteiger partial charge in [-0.1, -0.05) is 0 Å². The number of halogens is 1. The zero-order valence-electron chi connectivity index (χ0n) is 9.26. The normalized spacial score (nSPS) is 20.4. The number of aromatic carboxylic acids is 1. The molecule has 1 N–H and O–H groups in total. The van der Waals surface area contributed by atoms with Gasteiger partial charge in [0, 0.05) is 12.6 Å². The molecule has 1 fully saturated rings. The highest BCUT2D eigenvalue weighted by atomic mass is 35.5. The van der Waals surface area contributed by atoms with Gasteiger partial charge in [0.1, 0.15) is 5.82 Å². The molecule has 92 valence electrons. The van der Waals surface area contributed by atoms with Gasteiger partial charge >= 0.3 is 5.97 Å². The van der Waals surface area contributed by atoms with Crippen LogP contribution >= 0.6 is 11.6 Å². The number of anilines is 1. The molecule has 1 saturated heterocycles. The Morgan fingerprint density at radius 3 is 3.06 bits per heavy atom. The monoisotopic (exact) mass is 257 g/mol. The van der Waals surface area contributed by atoms with Crippen LogP contribution in [0.5, 0.6) is 0 Å². The third kappa shape index (κ3) is 2.65. The lowest BCUT2D eigenvalue weighted by atomic mass is 10.2. The van der Waals surface area contributed by atoms with Crippen molar-refractivity contribution in [3.63, 3.8) is 0 Å². The van der Waals surface area contributed by atoms with E-state index < -0.39 is 5.97 Å². The van der Waals surface area contributed by atoms with Crippen molar-refractivity contribution in [2.24, 2.45) is 0 Å². The molecule has 0 radical (unpaired) electrons. The maximum Gasteiger partial charge on any atom is 0.354 e. The first-order valence-electron chi connectivity index (χ1n) is 5.20. The van der Waals surface area contributed by atoms with Crippen LogP contribution in [0.3, 0.4) is 0 Å². The van der Waals surface area contributed by atoms with E-state index in [1.807, 2.05) is 11.8 Å². The van der Waals surface area contributed by atoms with Gasteiger partial charge in [-0.2, -0.15) is 0 Å². The Kier molecular flexibility index (Phi) is 3.44. The maximum absolute atomic E-state index is 10.9. The first-order valence-corrected chi connectivity index (χ1v) is 5.58. The minimum atomic E-state index is -1.11. The van der Waals surface area contributed by atoms with Gasteiger partial charge in [-0.25, -0.2) is 14.8 Å². The summed E-state index contributed by atoms with van der Waals surface area (Å²) in [6, 6.07) is 1.56. The number of aromatic nitrogens is 2. The smallest absolute Gasteiger partial charge is 0.354 e. The molecule has 0 spiro atoms. The second-order valence-electron chi connectivity index (χ2n) is 3.80. The van der Waals surface area contributed by atoms with Crippen molar-refractivity contribution in [1.82, 2.24) is 9.97 Å². The second-order valence-corrected chi connectivity index (χ2v) is 4.14. The lowest BCUT2D eigenvalue weighted by molar-refractivity contribution is 0.0690. The molecule has 0 bridgehead atoms. The Morgan fingerprint density at radius 2 is 2.41 bits per heavy atom. The summed E-state index contributed by atoms with van der Waals surface area (Å²) in [6.45, 7) is 3.82. The number of carboxylic acids is 1. The van der Waals surface area contributed by atoms with Gasteiger partial charge in [-0.15, -0.1) is 0 Å². The van der Waals surface area contributed by atoms with Crippen LogP contribution in [0.1, 0.15) is 17.4 Å². The number of carboxylic acid groups (broad SMARTS) is 1. The highest BCUT2D eigenvalue weighted by Gasteiger charge is 2.22. The van der Waals surface area contributed by atoms with Crippen LogP contribution in [0, 0.1) is 0 Å². The number of morpholine rings is 1. The molecule has 0 aliphatic carbocycles. The molecule has 0 saturated carbocycles. The van der Waals surface area contributed by atoms with E-state index in [2.05, 4.69) is 9.97 Å². The zero-order valence-corrected chi connectivity index (χ0v) is 10.0. The molecule has 1 aromatic rings. The summed E-state index contributed by atoms with van der Waals surface area (Å²) in [5, 5.41) is 8.85. The Morgan fingerprint density at radius 1 is 1.65 bits per heavy atom. The topological polar surface area (TPSA) is 75.5 Å². The number of nitrogens with zero attached hydrogens (tertiary/aromatic N) is 3.